The minimum atomic E-state index is 0.578. The molecule has 0 bridgehead atoms. The van der Waals surface area contributed by atoms with E-state index >= 15 is 0 Å². The zero-order valence-electron chi connectivity index (χ0n) is 10.1. The summed E-state index contributed by atoms with van der Waals surface area (Å²) >= 11 is 5.99. The molecule has 1 fully saturated rings. The van der Waals surface area contributed by atoms with Gasteiger partial charge in [0.15, 0.2) is 0 Å². The van der Waals surface area contributed by atoms with E-state index in [1.807, 2.05) is 0 Å². The molecule has 16 heavy (non-hydrogen) atoms. The Labute approximate surface area is 103 Å². The zero-order chi connectivity index (χ0) is 11.5. The van der Waals surface area contributed by atoms with Crippen molar-refractivity contribution in [1.29, 1.82) is 0 Å². The summed E-state index contributed by atoms with van der Waals surface area (Å²) in [4.78, 5) is 2.55. The van der Waals surface area contributed by atoms with Crippen molar-refractivity contribution < 1.29 is 0 Å². The highest BCUT2D eigenvalue weighted by Gasteiger charge is 2.38. The van der Waals surface area contributed by atoms with E-state index in [4.69, 9.17) is 11.6 Å². The van der Waals surface area contributed by atoms with Gasteiger partial charge in [0.25, 0.3) is 0 Å². The molecule has 1 aliphatic rings. The van der Waals surface area contributed by atoms with Gasteiger partial charge in [-0.1, -0.05) is 44.2 Å². The average Bonchev–Trinajstić information content (AvgIpc) is 2.26. The Kier molecular flexibility index (Phi) is 3.88. The first-order valence-electron chi connectivity index (χ1n) is 6.08. The molecule has 0 aromatic heterocycles. The third-order valence-corrected chi connectivity index (χ3v) is 3.92. The van der Waals surface area contributed by atoms with Crippen LogP contribution in [0.5, 0.6) is 0 Å². The van der Waals surface area contributed by atoms with Crippen LogP contribution >= 0.6 is 11.6 Å². The molecule has 1 aromatic rings. The highest BCUT2D eigenvalue weighted by atomic mass is 35.5. The number of hydrogen-bond acceptors (Lipinski definition) is 1. The molecule has 2 heteroatoms. The molecule has 1 aliphatic heterocycles. The summed E-state index contributed by atoms with van der Waals surface area (Å²) in [5.41, 5.74) is 1.39. The number of halogens is 1. The molecule has 2 atom stereocenters. The zero-order valence-corrected chi connectivity index (χ0v) is 10.8. The Balaban J connectivity index is 2.01. The van der Waals surface area contributed by atoms with E-state index < -0.39 is 0 Å². The highest BCUT2D eigenvalue weighted by molar-refractivity contribution is 6.18. The van der Waals surface area contributed by atoms with Gasteiger partial charge >= 0.3 is 0 Å². The Hall–Kier alpha value is -0.530. The molecule has 0 amide bonds. The molecule has 0 unspecified atom stereocenters. The maximum Gasteiger partial charge on any atom is 0.0380 e. The normalized spacial score (nSPS) is 25.8. The first-order valence-corrected chi connectivity index (χ1v) is 6.61. The molecule has 1 nitrogen and oxygen atoms in total. The topological polar surface area (TPSA) is 3.24 Å². The summed E-state index contributed by atoms with van der Waals surface area (Å²) < 4.78 is 0. The van der Waals surface area contributed by atoms with Gasteiger partial charge in [0.2, 0.25) is 0 Å². The van der Waals surface area contributed by atoms with Crippen molar-refractivity contribution in [1.82, 2.24) is 4.90 Å². The van der Waals surface area contributed by atoms with E-state index in [2.05, 4.69) is 49.1 Å². The number of likely N-dealkylation sites (tertiary alicyclic amines) is 1. The lowest BCUT2D eigenvalue weighted by Gasteiger charge is -2.50. The van der Waals surface area contributed by atoms with Crippen molar-refractivity contribution >= 4 is 11.6 Å². The minimum Gasteiger partial charge on any atom is -0.292 e. The van der Waals surface area contributed by atoms with Crippen LogP contribution in [0.2, 0.25) is 0 Å². The molecule has 1 heterocycles. The Morgan fingerprint density at radius 2 is 2.00 bits per heavy atom. The summed E-state index contributed by atoms with van der Waals surface area (Å²) in [6.45, 7) is 5.64. The van der Waals surface area contributed by atoms with Gasteiger partial charge in [-0.15, -0.1) is 11.6 Å². The third-order valence-electron chi connectivity index (χ3n) is 3.56. The van der Waals surface area contributed by atoms with Crippen LogP contribution in [0.4, 0.5) is 0 Å². The first-order chi connectivity index (χ1) is 7.72. The lowest BCUT2D eigenvalue weighted by molar-refractivity contribution is -0.00742. The summed E-state index contributed by atoms with van der Waals surface area (Å²) in [5, 5.41) is 0. The van der Waals surface area contributed by atoms with Crippen molar-refractivity contribution in [2.75, 3.05) is 5.88 Å². The second-order valence-corrected chi connectivity index (χ2v) is 5.32. The van der Waals surface area contributed by atoms with Gasteiger partial charge in [0.1, 0.15) is 0 Å². The van der Waals surface area contributed by atoms with Crippen LogP contribution in [0.3, 0.4) is 0 Å². The van der Waals surface area contributed by atoms with Gasteiger partial charge in [-0.3, -0.25) is 4.90 Å². The standard InChI is InChI=1S/C14H20ClN/c1-11(2)14-8-13(9-15)16(14)10-12-6-4-3-5-7-12/h3-7,11,13-14H,8-10H2,1-2H3/t13-,14+/m1/s1. The maximum atomic E-state index is 5.99. The Bertz CT molecular complexity index is 323. The third kappa shape index (κ3) is 2.41. The molecule has 0 spiro atoms. The lowest BCUT2D eigenvalue weighted by Crippen LogP contribution is -2.58. The van der Waals surface area contributed by atoms with Gasteiger partial charge in [-0.05, 0) is 17.9 Å². The van der Waals surface area contributed by atoms with Crippen LogP contribution < -0.4 is 0 Å². The van der Waals surface area contributed by atoms with Crippen molar-refractivity contribution in [3.8, 4) is 0 Å². The van der Waals surface area contributed by atoms with E-state index in [9.17, 15) is 0 Å². The van der Waals surface area contributed by atoms with E-state index in [1.54, 1.807) is 0 Å². The van der Waals surface area contributed by atoms with Crippen molar-refractivity contribution in [2.24, 2.45) is 5.92 Å². The van der Waals surface area contributed by atoms with Gasteiger partial charge in [-0.2, -0.15) is 0 Å². The molecule has 0 N–H and O–H groups in total. The summed E-state index contributed by atoms with van der Waals surface area (Å²) in [6.07, 6.45) is 1.26. The van der Waals surface area contributed by atoms with E-state index in [-0.39, 0.29) is 0 Å². The van der Waals surface area contributed by atoms with Crippen molar-refractivity contribution in [3.05, 3.63) is 35.9 Å². The molecule has 1 saturated heterocycles. The van der Waals surface area contributed by atoms with Gasteiger partial charge in [-0.25, -0.2) is 0 Å². The number of hydrogen-bond donors (Lipinski definition) is 0. The predicted molar refractivity (Wildman–Crippen MR) is 69.7 cm³/mol. The van der Waals surface area contributed by atoms with E-state index in [1.165, 1.54) is 12.0 Å². The SMILES string of the molecule is CC(C)[C@@H]1C[C@H](CCl)N1Cc1ccccc1. The molecule has 2 rings (SSSR count). The second-order valence-electron chi connectivity index (χ2n) is 5.01. The summed E-state index contributed by atoms with van der Waals surface area (Å²) in [5.74, 6) is 1.49. The summed E-state index contributed by atoms with van der Waals surface area (Å²) in [7, 11) is 0. The van der Waals surface area contributed by atoms with Crippen LogP contribution in [0, 0.1) is 5.92 Å². The molecular weight excluding hydrogens is 218 g/mol. The fraction of sp³-hybridized carbons (Fsp3) is 0.571. The predicted octanol–water partition coefficient (Wildman–Crippen LogP) is 3.52. The molecule has 0 aliphatic carbocycles. The monoisotopic (exact) mass is 237 g/mol. The molecule has 1 aromatic carbocycles. The van der Waals surface area contributed by atoms with Crippen LogP contribution in [-0.2, 0) is 6.54 Å². The second kappa shape index (κ2) is 5.20. The van der Waals surface area contributed by atoms with Crippen LogP contribution in [0.15, 0.2) is 30.3 Å². The molecule has 88 valence electrons. The highest BCUT2D eigenvalue weighted by Crippen LogP contribution is 2.33. The van der Waals surface area contributed by atoms with Gasteiger partial charge in [0, 0.05) is 24.5 Å². The lowest BCUT2D eigenvalue weighted by atomic mass is 9.85. The molecular formula is C14H20ClN. The maximum absolute atomic E-state index is 5.99. The van der Waals surface area contributed by atoms with Gasteiger partial charge < -0.3 is 0 Å². The van der Waals surface area contributed by atoms with E-state index in [0.717, 1.165) is 18.3 Å². The Morgan fingerprint density at radius 3 is 2.56 bits per heavy atom. The number of alkyl halides is 1. The van der Waals surface area contributed by atoms with Crippen LogP contribution in [0.25, 0.3) is 0 Å². The number of benzene rings is 1. The minimum absolute atomic E-state index is 0.578. The largest absolute Gasteiger partial charge is 0.292 e. The number of rotatable bonds is 4. The fourth-order valence-electron chi connectivity index (χ4n) is 2.53. The van der Waals surface area contributed by atoms with Gasteiger partial charge in [0.05, 0.1) is 0 Å². The van der Waals surface area contributed by atoms with Crippen molar-refractivity contribution in [2.45, 2.75) is 38.9 Å². The average molecular weight is 238 g/mol. The molecule has 0 radical (unpaired) electrons. The first kappa shape index (κ1) is 11.9. The van der Waals surface area contributed by atoms with Crippen LogP contribution in [0.1, 0.15) is 25.8 Å². The molecule has 0 saturated carbocycles. The fourth-order valence-corrected chi connectivity index (χ4v) is 2.83. The van der Waals surface area contributed by atoms with Crippen LogP contribution in [-0.4, -0.2) is 22.9 Å². The van der Waals surface area contributed by atoms with Crippen molar-refractivity contribution in [3.63, 3.8) is 0 Å². The summed E-state index contributed by atoms with van der Waals surface area (Å²) in [6, 6.07) is 12.0. The van der Waals surface area contributed by atoms with E-state index in [0.29, 0.717) is 12.1 Å². The quantitative estimate of drug-likeness (QED) is 0.725. The smallest absolute Gasteiger partial charge is 0.0380 e. The Morgan fingerprint density at radius 1 is 1.31 bits per heavy atom. The number of nitrogens with zero attached hydrogens (tertiary/aromatic N) is 1.